The molecule has 0 fully saturated rings. The van der Waals surface area contributed by atoms with E-state index >= 15 is 0 Å². The molecule has 0 saturated carbocycles. The number of carbonyl (C=O) groups excluding carboxylic acids is 3. The molecule has 0 spiro atoms. The van der Waals surface area contributed by atoms with Gasteiger partial charge in [-0.15, -0.1) is 0 Å². The third-order valence-electron chi connectivity index (χ3n) is 5.26. The van der Waals surface area contributed by atoms with Gasteiger partial charge in [0.15, 0.2) is 0 Å². The molecule has 0 aliphatic carbocycles. The number of carbonyl (C=O) groups is 4. The summed E-state index contributed by atoms with van der Waals surface area (Å²) in [6.45, 7) is 3.24. The molecular formula is C23H37N5O6. The second-order valence-electron chi connectivity index (χ2n) is 8.45. The van der Waals surface area contributed by atoms with Crippen LogP contribution in [-0.4, -0.2) is 71.2 Å². The molecule has 34 heavy (non-hydrogen) atoms. The molecule has 1 aromatic carbocycles. The summed E-state index contributed by atoms with van der Waals surface area (Å²) in [5, 5.41) is 26.2. The molecule has 4 unspecified atom stereocenters. The van der Waals surface area contributed by atoms with Gasteiger partial charge < -0.3 is 37.6 Å². The van der Waals surface area contributed by atoms with Gasteiger partial charge in [0.1, 0.15) is 24.2 Å². The Kier molecular flexibility index (Phi) is 12.8. The van der Waals surface area contributed by atoms with Crippen LogP contribution >= 0.6 is 0 Å². The van der Waals surface area contributed by atoms with Crippen LogP contribution in [0.15, 0.2) is 30.3 Å². The van der Waals surface area contributed by atoms with Crippen molar-refractivity contribution in [3.8, 4) is 0 Å². The summed E-state index contributed by atoms with van der Waals surface area (Å²) in [5.41, 5.74) is 11.7. The Balaban J connectivity index is 3.05. The maximum atomic E-state index is 13.0. The quantitative estimate of drug-likeness (QED) is 0.153. The van der Waals surface area contributed by atoms with Gasteiger partial charge in [-0.25, -0.2) is 4.79 Å². The lowest BCUT2D eigenvalue weighted by molar-refractivity contribution is -0.142. The lowest BCUT2D eigenvalue weighted by atomic mass is 10.00. The standard InChI is InChI=1S/C23H37N5O6/c1-14(2)19(28-20(30)16(25)13-29)22(32)27-18(12-15-8-4-3-5-9-15)21(31)26-17(23(33)34)10-6-7-11-24/h3-5,8-9,14,16-19,29H,6-7,10-13,24-25H2,1-2H3,(H,26,31)(H,27,32)(H,28,30)(H,33,34). The van der Waals surface area contributed by atoms with Crippen LogP contribution in [0.5, 0.6) is 0 Å². The van der Waals surface area contributed by atoms with Crippen LogP contribution < -0.4 is 27.4 Å². The van der Waals surface area contributed by atoms with E-state index in [1.54, 1.807) is 38.1 Å². The minimum Gasteiger partial charge on any atom is -0.480 e. The number of amides is 3. The first-order valence-corrected chi connectivity index (χ1v) is 11.3. The van der Waals surface area contributed by atoms with Crippen molar-refractivity contribution in [2.24, 2.45) is 17.4 Å². The van der Waals surface area contributed by atoms with Crippen molar-refractivity contribution in [1.82, 2.24) is 16.0 Å². The first-order valence-electron chi connectivity index (χ1n) is 11.3. The summed E-state index contributed by atoms with van der Waals surface area (Å²) in [7, 11) is 0. The summed E-state index contributed by atoms with van der Waals surface area (Å²) < 4.78 is 0. The van der Waals surface area contributed by atoms with Crippen LogP contribution in [0, 0.1) is 5.92 Å². The number of aliphatic hydroxyl groups excluding tert-OH is 1. The molecule has 11 heteroatoms. The van der Waals surface area contributed by atoms with Crippen molar-refractivity contribution >= 4 is 23.7 Å². The maximum Gasteiger partial charge on any atom is 0.326 e. The lowest BCUT2D eigenvalue weighted by Crippen LogP contribution is -2.59. The zero-order valence-electron chi connectivity index (χ0n) is 19.7. The zero-order chi connectivity index (χ0) is 25.7. The Hall–Kier alpha value is -3.02. The molecule has 0 aliphatic heterocycles. The Morgan fingerprint density at radius 3 is 2.06 bits per heavy atom. The van der Waals surface area contributed by atoms with Crippen molar-refractivity contribution in [3.05, 3.63) is 35.9 Å². The predicted octanol–water partition coefficient (Wildman–Crippen LogP) is -1.13. The Bertz CT molecular complexity index is 804. The Morgan fingerprint density at radius 1 is 0.912 bits per heavy atom. The smallest absolute Gasteiger partial charge is 0.326 e. The molecule has 4 atom stereocenters. The summed E-state index contributed by atoms with van der Waals surface area (Å²) in [4.78, 5) is 49.8. The van der Waals surface area contributed by atoms with E-state index in [9.17, 15) is 24.3 Å². The fourth-order valence-corrected chi connectivity index (χ4v) is 3.22. The van der Waals surface area contributed by atoms with Crippen LogP contribution in [-0.2, 0) is 25.6 Å². The first kappa shape index (κ1) is 29.0. The van der Waals surface area contributed by atoms with Gasteiger partial charge in [0.2, 0.25) is 17.7 Å². The highest BCUT2D eigenvalue weighted by Gasteiger charge is 2.31. The number of hydrogen-bond acceptors (Lipinski definition) is 7. The number of carboxylic acid groups (broad SMARTS) is 1. The van der Waals surface area contributed by atoms with E-state index in [-0.39, 0.29) is 18.8 Å². The van der Waals surface area contributed by atoms with Crippen LogP contribution in [0.25, 0.3) is 0 Å². The van der Waals surface area contributed by atoms with Gasteiger partial charge in [-0.2, -0.15) is 0 Å². The zero-order valence-corrected chi connectivity index (χ0v) is 19.7. The van der Waals surface area contributed by atoms with E-state index in [1.165, 1.54) is 0 Å². The van der Waals surface area contributed by atoms with Gasteiger partial charge in [0, 0.05) is 6.42 Å². The fraction of sp³-hybridized carbons (Fsp3) is 0.565. The van der Waals surface area contributed by atoms with Crippen molar-refractivity contribution in [3.63, 3.8) is 0 Å². The van der Waals surface area contributed by atoms with E-state index in [0.717, 1.165) is 5.56 Å². The van der Waals surface area contributed by atoms with Gasteiger partial charge in [-0.05, 0) is 37.3 Å². The second kappa shape index (κ2) is 15.0. The largest absolute Gasteiger partial charge is 0.480 e. The molecule has 3 amide bonds. The minimum absolute atomic E-state index is 0.114. The average Bonchev–Trinajstić information content (AvgIpc) is 2.80. The van der Waals surface area contributed by atoms with Gasteiger partial charge >= 0.3 is 5.97 Å². The van der Waals surface area contributed by atoms with Gasteiger partial charge in [0.05, 0.1) is 6.61 Å². The van der Waals surface area contributed by atoms with Gasteiger partial charge in [0.25, 0.3) is 0 Å². The molecule has 0 aliphatic rings. The first-order chi connectivity index (χ1) is 16.1. The van der Waals surface area contributed by atoms with E-state index in [2.05, 4.69) is 16.0 Å². The van der Waals surface area contributed by atoms with Gasteiger partial charge in [-0.3, -0.25) is 14.4 Å². The SMILES string of the molecule is CC(C)C(NC(=O)C(N)CO)C(=O)NC(Cc1ccccc1)C(=O)NC(CCCCN)C(=O)O. The molecule has 0 bridgehead atoms. The number of rotatable bonds is 15. The van der Waals surface area contributed by atoms with Crippen molar-refractivity contribution in [2.45, 2.75) is 63.7 Å². The molecular weight excluding hydrogens is 442 g/mol. The number of carboxylic acids is 1. The van der Waals surface area contributed by atoms with Crippen molar-refractivity contribution in [2.75, 3.05) is 13.2 Å². The molecule has 190 valence electrons. The van der Waals surface area contributed by atoms with E-state index in [0.29, 0.717) is 19.4 Å². The maximum absolute atomic E-state index is 13.0. The third kappa shape index (κ3) is 9.86. The highest BCUT2D eigenvalue weighted by Crippen LogP contribution is 2.08. The molecule has 0 saturated heterocycles. The number of benzene rings is 1. The predicted molar refractivity (Wildman–Crippen MR) is 126 cm³/mol. The van der Waals surface area contributed by atoms with Crippen LogP contribution in [0.3, 0.4) is 0 Å². The molecule has 11 nitrogen and oxygen atoms in total. The molecule has 0 aromatic heterocycles. The Labute approximate surface area is 199 Å². The summed E-state index contributed by atoms with van der Waals surface area (Å²) in [5.74, 6) is -3.51. The number of nitrogens with one attached hydrogen (secondary N) is 3. The van der Waals surface area contributed by atoms with Crippen LogP contribution in [0.1, 0.15) is 38.7 Å². The second-order valence-corrected chi connectivity index (χ2v) is 8.45. The number of hydrogen-bond donors (Lipinski definition) is 7. The average molecular weight is 480 g/mol. The fourth-order valence-electron chi connectivity index (χ4n) is 3.22. The number of unbranched alkanes of at least 4 members (excludes halogenated alkanes) is 1. The van der Waals surface area contributed by atoms with Crippen LogP contribution in [0.4, 0.5) is 0 Å². The monoisotopic (exact) mass is 479 g/mol. The topological polar surface area (TPSA) is 197 Å². The normalized spacial score (nSPS) is 14.5. The highest BCUT2D eigenvalue weighted by molar-refractivity contribution is 5.94. The van der Waals surface area contributed by atoms with Gasteiger partial charge in [-0.1, -0.05) is 44.2 Å². The summed E-state index contributed by atoms with van der Waals surface area (Å²) in [6.07, 6.45) is 1.46. The highest BCUT2D eigenvalue weighted by atomic mass is 16.4. The van der Waals surface area contributed by atoms with Crippen molar-refractivity contribution in [1.29, 1.82) is 0 Å². The molecule has 9 N–H and O–H groups in total. The summed E-state index contributed by atoms with van der Waals surface area (Å²) >= 11 is 0. The summed E-state index contributed by atoms with van der Waals surface area (Å²) in [6, 6.07) is 4.52. The third-order valence-corrected chi connectivity index (χ3v) is 5.26. The number of aliphatic hydroxyl groups is 1. The molecule has 1 aromatic rings. The lowest BCUT2D eigenvalue weighted by Gasteiger charge is -2.27. The molecule has 1 rings (SSSR count). The molecule has 0 heterocycles. The van der Waals surface area contributed by atoms with E-state index in [1.807, 2.05) is 6.07 Å². The van der Waals surface area contributed by atoms with E-state index < -0.39 is 54.5 Å². The van der Waals surface area contributed by atoms with Crippen LogP contribution in [0.2, 0.25) is 0 Å². The Morgan fingerprint density at radius 2 is 1.53 bits per heavy atom. The van der Waals surface area contributed by atoms with Crippen molar-refractivity contribution < 1.29 is 29.4 Å². The number of aliphatic carboxylic acids is 1. The minimum atomic E-state index is -1.19. The van der Waals surface area contributed by atoms with E-state index in [4.69, 9.17) is 16.6 Å². The molecule has 0 radical (unpaired) electrons. The number of nitrogens with two attached hydrogens (primary N) is 2.